The summed E-state index contributed by atoms with van der Waals surface area (Å²) < 4.78 is 2.18. The van der Waals surface area contributed by atoms with Crippen LogP contribution in [-0.4, -0.2) is 9.55 Å². The van der Waals surface area contributed by atoms with Gasteiger partial charge in [0.1, 0.15) is 6.33 Å². The first-order chi connectivity index (χ1) is 8.66. The number of nitrogens with zero attached hydrogens (tertiary/aromatic N) is 2. The van der Waals surface area contributed by atoms with Gasteiger partial charge in [0.2, 0.25) is 0 Å². The van der Waals surface area contributed by atoms with E-state index < -0.39 is 0 Å². The number of fused-ring (bicyclic) bond motifs is 1. The van der Waals surface area contributed by atoms with E-state index in [-0.39, 0.29) is 0 Å². The van der Waals surface area contributed by atoms with Crippen molar-refractivity contribution in [1.29, 1.82) is 0 Å². The molecular formula is C16H16N2. The number of benzene rings is 2. The van der Waals surface area contributed by atoms with E-state index in [4.69, 9.17) is 0 Å². The molecule has 0 unspecified atom stereocenters. The predicted molar refractivity (Wildman–Crippen MR) is 75.3 cm³/mol. The number of para-hydroxylation sites is 2. The SMILES string of the molecule is Cc1cc(C)c(-n2cnc3ccccc32)c(C)c1. The van der Waals surface area contributed by atoms with Crippen LogP contribution in [0.1, 0.15) is 16.7 Å². The molecule has 0 fully saturated rings. The molecule has 0 atom stereocenters. The Kier molecular flexibility index (Phi) is 2.44. The summed E-state index contributed by atoms with van der Waals surface area (Å²) in [5.74, 6) is 0. The summed E-state index contributed by atoms with van der Waals surface area (Å²) in [6.07, 6.45) is 1.91. The van der Waals surface area contributed by atoms with Gasteiger partial charge in [-0.25, -0.2) is 4.98 Å². The first kappa shape index (κ1) is 11.0. The van der Waals surface area contributed by atoms with E-state index in [0.717, 1.165) is 11.0 Å². The largest absolute Gasteiger partial charge is 0.298 e. The first-order valence-electron chi connectivity index (χ1n) is 6.17. The third kappa shape index (κ3) is 1.61. The predicted octanol–water partition coefficient (Wildman–Crippen LogP) is 3.95. The molecule has 2 heteroatoms. The second-order valence-electron chi connectivity index (χ2n) is 4.85. The molecule has 0 aliphatic carbocycles. The monoisotopic (exact) mass is 236 g/mol. The maximum Gasteiger partial charge on any atom is 0.100 e. The van der Waals surface area contributed by atoms with E-state index in [0.29, 0.717) is 0 Å². The molecule has 3 rings (SSSR count). The lowest BCUT2D eigenvalue weighted by molar-refractivity contribution is 1.05. The summed E-state index contributed by atoms with van der Waals surface area (Å²) in [5.41, 5.74) is 7.32. The second-order valence-corrected chi connectivity index (χ2v) is 4.85. The van der Waals surface area contributed by atoms with Crippen LogP contribution >= 0.6 is 0 Å². The quantitative estimate of drug-likeness (QED) is 0.625. The topological polar surface area (TPSA) is 17.8 Å². The van der Waals surface area contributed by atoms with Gasteiger partial charge < -0.3 is 0 Å². The van der Waals surface area contributed by atoms with Crippen LogP contribution in [0.15, 0.2) is 42.7 Å². The van der Waals surface area contributed by atoms with E-state index in [2.05, 4.69) is 54.6 Å². The van der Waals surface area contributed by atoms with Crippen LogP contribution in [0.25, 0.3) is 16.7 Å². The number of imidazole rings is 1. The summed E-state index contributed by atoms with van der Waals surface area (Å²) >= 11 is 0. The van der Waals surface area contributed by atoms with Crippen molar-refractivity contribution in [2.75, 3.05) is 0 Å². The minimum Gasteiger partial charge on any atom is -0.298 e. The molecule has 1 aromatic heterocycles. The van der Waals surface area contributed by atoms with E-state index >= 15 is 0 Å². The number of aryl methyl sites for hydroxylation is 3. The second kappa shape index (κ2) is 3.98. The highest BCUT2D eigenvalue weighted by molar-refractivity contribution is 5.78. The van der Waals surface area contributed by atoms with Gasteiger partial charge in [-0.15, -0.1) is 0 Å². The van der Waals surface area contributed by atoms with Crippen molar-refractivity contribution in [1.82, 2.24) is 9.55 Å². The normalized spacial score (nSPS) is 11.1. The number of hydrogen-bond acceptors (Lipinski definition) is 1. The van der Waals surface area contributed by atoms with Crippen molar-refractivity contribution in [2.45, 2.75) is 20.8 Å². The van der Waals surface area contributed by atoms with Gasteiger partial charge in [0.25, 0.3) is 0 Å². The summed E-state index contributed by atoms with van der Waals surface area (Å²) in [6, 6.07) is 12.7. The van der Waals surface area contributed by atoms with Crippen LogP contribution < -0.4 is 0 Å². The molecule has 1 heterocycles. The molecule has 0 saturated carbocycles. The van der Waals surface area contributed by atoms with Crippen molar-refractivity contribution in [3.63, 3.8) is 0 Å². The average molecular weight is 236 g/mol. The Hall–Kier alpha value is -2.09. The molecule has 3 aromatic rings. The van der Waals surface area contributed by atoms with Crippen LogP contribution in [0.2, 0.25) is 0 Å². The lowest BCUT2D eigenvalue weighted by Crippen LogP contribution is -1.99. The van der Waals surface area contributed by atoms with Crippen molar-refractivity contribution in [3.05, 3.63) is 59.4 Å². The maximum atomic E-state index is 4.46. The van der Waals surface area contributed by atoms with Crippen molar-refractivity contribution < 1.29 is 0 Å². The van der Waals surface area contributed by atoms with Crippen molar-refractivity contribution in [3.8, 4) is 5.69 Å². The molecule has 2 nitrogen and oxygen atoms in total. The summed E-state index contributed by atoms with van der Waals surface area (Å²) in [4.78, 5) is 4.46. The fourth-order valence-corrected chi connectivity index (χ4v) is 2.69. The fourth-order valence-electron chi connectivity index (χ4n) is 2.69. The van der Waals surface area contributed by atoms with Gasteiger partial charge >= 0.3 is 0 Å². The van der Waals surface area contributed by atoms with Crippen LogP contribution in [0.5, 0.6) is 0 Å². The van der Waals surface area contributed by atoms with E-state index in [1.165, 1.54) is 22.4 Å². The zero-order chi connectivity index (χ0) is 12.7. The smallest absolute Gasteiger partial charge is 0.100 e. The van der Waals surface area contributed by atoms with E-state index in [9.17, 15) is 0 Å². The average Bonchev–Trinajstić information content (AvgIpc) is 2.72. The minimum atomic E-state index is 1.04. The Morgan fingerprint density at radius 1 is 0.944 bits per heavy atom. The van der Waals surface area contributed by atoms with Crippen molar-refractivity contribution >= 4 is 11.0 Å². The van der Waals surface area contributed by atoms with Gasteiger partial charge in [0.05, 0.1) is 16.7 Å². The molecule has 0 spiro atoms. The van der Waals surface area contributed by atoms with Gasteiger partial charge in [-0.1, -0.05) is 29.8 Å². The van der Waals surface area contributed by atoms with Crippen LogP contribution in [0.3, 0.4) is 0 Å². The zero-order valence-electron chi connectivity index (χ0n) is 10.9. The summed E-state index contributed by atoms with van der Waals surface area (Å²) in [7, 11) is 0. The van der Waals surface area contributed by atoms with Crippen molar-refractivity contribution in [2.24, 2.45) is 0 Å². The molecular weight excluding hydrogens is 220 g/mol. The molecule has 0 aliphatic rings. The standard InChI is InChI=1S/C16H16N2/c1-11-8-12(2)16(13(3)9-11)18-10-17-14-6-4-5-7-15(14)18/h4-10H,1-3H3. The number of rotatable bonds is 1. The van der Waals surface area contributed by atoms with Gasteiger partial charge in [-0.3, -0.25) is 4.57 Å². The molecule has 90 valence electrons. The maximum absolute atomic E-state index is 4.46. The van der Waals surface area contributed by atoms with Crippen LogP contribution in [0, 0.1) is 20.8 Å². The minimum absolute atomic E-state index is 1.04. The zero-order valence-corrected chi connectivity index (χ0v) is 10.9. The highest BCUT2D eigenvalue weighted by Gasteiger charge is 2.09. The molecule has 18 heavy (non-hydrogen) atoms. The number of hydrogen-bond donors (Lipinski definition) is 0. The Balaban J connectivity index is 2.33. The third-order valence-corrected chi connectivity index (χ3v) is 3.33. The Labute approximate surface area is 107 Å². The van der Waals surface area contributed by atoms with Crippen LogP contribution in [0.4, 0.5) is 0 Å². The highest BCUT2D eigenvalue weighted by atomic mass is 15.1. The Morgan fingerprint density at radius 3 is 2.33 bits per heavy atom. The molecule has 0 aliphatic heterocycles. The van der Waals surface area contributed by atoms with Crippen LogP contribution in [-0.2, 0) is 0 Å². The third-order valence-electron chi connectivity index (χ3n) is 3.33. The van der Waals surface area contributed by atoms with Gasteiger partial charge in [-0.05, 0) is 44.0 Å². The fraction of sp³-hybridized carbons (Fsp3) is 0.188. The molecule has 0 bridgehead atoms. The summed E-state index contributed by atoms with van der Waals surface area (Å²) in [5, 5.41) is 0. The lowest BCUT2D eigenvalue weighted by atomic mass is 10.0. The Bertz CT molecular complexity index is 700. The molecule has 0 N–H and O–H groups in total. The molecule has 0 radical (unpaired) electrons. The number of aromatic nitrogens is 2. The van der Waals surface area contributed by atoms with Gasteiger partial charge in [0.15, 0.2) is 0 Å². The lowest BCUT2D eigenvalue weighted by Gasteiger charge is -2.13. The molecule has 0 amide bonds. The molecule has 0 saturated heterocycles. The summed E-state index contributed by atoms with van der Waals surface area (Å²) in [6.45, 7) is 6.45. The Morgan fingerprint density at radius 2 is 1.61 bits per heavy atom. The van der Waals surface area contributed by atoms with E-state index in [1.807, 2.05) is 18.5 Å². The highest BCUT2D eigenvalue weighted by Crippen LogP contribution is 2.24. The first-order valence-corrected chi connectivity index (χ1v) is 6.17. The van der Waals surface area contributed by atoms with Gasteiger partial charge in [0, 0.05) is 0 Å². The molecule has 2 aromatic carbocycles. The van der Waals surface area contributed by atoms with E-state index in [1.54, 1.807) is 0 Å². The van der Waals surface area contributed by atoms with Gasteiger partial charge in [-0.2, -0.15) is 0 Å².